The summed E-state index contributed by atoms with van der Waals surface area (Å²) in [5.74, 6) is -0.357. The van der Waals surface area contributed by atoms with Crippen molar-refractivity contribution in [1.29, 1.82) is 0 Å². The number of hydrogen-bond acceptors (Lipinski definition) is 2. The minimum absolute atomic E-state index is 0.239. The third-order valence-corrected chi connectivity index (χ3v) is 3.25. The van der Waals surface area contributed by atoms with Crippen molar-refractivity contribution in [1.82, 2.24) is 0 Å². The average Bonchev–Trinajstić information content (AvgIpc) is 2.28. The third kappa shape index (κ3) is 3.59. The van der Waals surface area contributed by atoms with Gasteiger partial charge in [0.15, 0.2) is 0 Å². The van der Waals surface area contributed by atoms with Gasteiger partial charge in [-0.3, -0.25) is 10.1 Å². The largest absolute Gasteiger partial charge is 0.416 e. The fraction of sp³-hybridized carbons (Fsp3) is 0.500. The molecule has 2 atom stereocenters. The normalized spacial score (nSPS) is 15.1. The highest BCUT2D eigenvalue weighted by Crippen LogP contribution is 2.38. The second-order valence-corrected chi connectivity index (χ2v) is 4.91. The maximum Gasteiger partial charge on any atom is 0.416 e. The van der Waals surface area contributed by atoms with E-state index in [1.54, 1.807) is 13.8 Å². The van der Waals surface area contributed by atoms with Crippen molar-refractivity contribution in [2.75, 3.05) is 0 Å². The third-order valence-electron chi connectivity index (χ3n) is 2.95. The quantitative estimate of drug-likeness (QED) is 0.457. The Bertz CT molecular complexity index is 475. The average molecular weight is 296 g/mol. The van der Waals surface area contributed by atoms with Crippen LogP contribution in [0.25, 0.3) is 0 Å². The number of nitrogens with zero attached hydrogens (tertiary/aromatic N) is 1. The van der Waals surface area contributed by atoms with Crippen molar-refractivity contribution >= 4 is 17.3 Å². The van der Waals surface area contributed by atoms with Gasteiger partial charge in [-0.1, -0.05) is 13.0 Å². The molecule has 0 bridgehead atoms. The predicted molar refractivity (Wildman–Crippen MR) is 66.4 cm³/mol. The Morgan fingerprint density at radius 1 is 1.42 bits per heavy atom. The van der Waals surface area contributed by atoms with Crippen LogP contribution in [0.4, 0.5) is 18.9 Å². The fourth-order valence-electron chi connectivity index (χ4n) is 1.98. The molecule has 19 heavy (non-hydrogen) atoms. The molecule has 0 heterocycles. The number of nitro benzene ring substituents is 1. The molecule has 0 aliphatic carbocycles. The van der Waals surface area contributed by atoms with Crippen LogP contribution >= 0.6 is 11.6 Å². The molecule has 2 unspecified atom stereocenters. The second-order valence-electron chi connectivity index (χ2n) is 4.22. The number of hydrogen-bond donors (Lipinski definition) is 0. The van der Waals surface area contributed by atoms with E-state index in [0.717, 1.165) is 12.1 Å². The van der Waals surface area contributed by atoms with Crippen molar-refractivity contribution in [2.24, 2.45) is 0 Å². The zero-order valence-electron chi connectivity index (χ0n) is 10.4. The van der Waals surface area contributed by atoms with Crippen LogP contribution in [0.3, 0.4) is 0 Å². The lowest BCUT2D eigenvalue weighted by molar-refractivity contribution is -0.386. The van der Waals surface area contributed by atoms with Crippen LogP contribution in [0.15, 0.2) is 18.2 Å². The highest BCUT2D eigenvalue weighted by atomic mass is 35.5. The van der Waals surface area contributed by atoms with Gasteiger partial charge in [0, 0.05) is 22.9 Å². The molecule has 0 fully saturated rings. The number of rotatable bonds is 4. The van der Waals surface area contributed by atoms with Crippen molar-refractivity contribution in [2.45, 2.75) is 37.7 Å². The van der Waals surface area contributed by atoms with E-state index in [4.69, 9.17) is 11.6 Å². The monoisotopic (exact) mass is 295 g/mol. The van der Waals surface area contributed by atoms with E-state index in [-0.39, 0.29) is 11.5 Å². The molecule has 106 valence electrons. The van der Waals surface area contributed by atoms with Gasteiger partial charge >= 0.3 is 6.18 Å². The first-order chi connectivity index (χ1) is 8.68. The Morgan fingerprint density at radius 2 is 2.00 bits per heavy atom. The Hall–Kier alpha value is -1.30. The minimum atomic E-state index is -4.60. The minimum Gasteiger partial charge on any atom is -0.258 e. The predicted octanol–water partition coefficient (Wildman–Crippen LogP) is 4.73. The van der Waals surface area contributed by atoms with Gasteiger partial charge in [0.1, 0.15) is 0 Å². The van der Waals surface area contributed by atoms with Gasteiger partial charge in [0.25, 0.3) is 5.69 Å². The first kappa shape index (κ1) is 15.8. The SMILES string of the molecule is CCC(c1ccc(C(F)(F)F)cc1[N+](=O)[O-])C(C)Cl. The molecule has 1 aromatic rings. The van der Waals surface area contributed by atoms with Gasteiger partial charge in [-0.05, 0) is 19.4 Å². The number of benzene rings is 1. The zero-order valence-corrected chi connectivity index (χ0v) is 11.1. The first-order valence-electron chi connectivity index (χ1n) is 5.68. The smallest absolute Gasteiger partial charge is 0.258 e. The summed E-state index contributed by atoms with van der Waals surface area (Å²) in [6.45, 7) is 3.45. The summed E-state index contributed by atoms with van der Waals surface area (Å²) in [5.41, 5.74) is -1.32. The van der Waals surface area contributed by atoms with Gasteiger partial charge < -0.3 is 0 Å². The van der Waals surface area contributed by atoms with Crippen molar-refractivity contribution < 1.29 is 18.1 Å². The highest BCUT2D eigenvalue weighted by Gasteiger charge is 2.34. The summed E-state index contributed by atoms with van der Waals surface area (Å²) in [5, 5.41) is 10.5. The first-order valence-corrected chi connectivity index (χ1v) is 6.11. The van der Waals surface area contributed by atoms with Gasteiger partial charge in [0.05, 0.1) is 10.5 Å². The molecule has 0 saturated carbocycles. The Labute approximate surface area is 113 Å². The number of nitro groups is 1. The van der Waals surface area contributed by atoms with Crippen molar-refractivity contribution in [3.05, 3.63) is 39.4 Å². The molecule has 0 aliphatic heterocycles. The lowest BCUT2D eigenvalue weighted by atomic mass is 9.91. The molecule has 0 spiro atoms. The molecule has 7 heteroatoms. The van der Waals surface area contributed by atoms with Crippen molar-refractivity contribution in [3.63, 3.8) is 0 Å². The fourth-order valence-corrected chi connectivity index (χ4v) is 2.30. The molecule has 0 radical (unpaired) electrons. The van der Waals surface area contributed by atoms with E-state index in [9.17, 15) is 23.3 Å². The van der Waals surface area contributed by atoms with E-state index >= 15 is 0 Å². The van der Waals surface area contributed by atoms with Gasteiger partial charge in [-0.2, -0.15) is 13.2 Å². The lowest BCUT2D eigenvalue weighted by Gasteiger charge is -2.18. The molecule has 0 amide bonds. The Kier molecular flexibility index (Phi) is 4.79. The maximum atomic E-state index is 12.6. The highest BCUT2D eigenvalue weighted by molar-refractivity contribution is 6.20. The van der Waals surface area contributed by atoms with Gasteiger partial charge in [-0.15, -0.1) is 11.6 Å². The van der Waals surface area contributed by atoms with E-state index in [1.165, 1.54) is 0 Å². The van der Waals surface area contributed by atoms with Gasteiger partial charge in [-0.25, -0.2) is 0 Å². The maximum absolute atomic E-state index is 12.6. The van der Waals surface area contributed by atoms with Crippen LogP contribution in [-0.4, -0.2) is 10.3 Å². The van der Waals surface area contributed by atoms with Gasteiger partial charge in [0.2, 0.25) is 0 Å². The summed E-state index contributed by atoms with van der Waals surface area (Å²) in [6, 6.07) is 2.57. The Balaban J connectivity index is 3.38. The molecule has 1 rings (SSSR count). The standard InChI is InChI=1S/C12H13ClF3NO2/c1-3-9(7(2)13)10-5-4-8(12(14,15)16)6-11(10)17(18)19/h4-7,9H,3H2,1-2H3. The summed E-state index contributed by atoms with van der Waals surface area (Å²) in [6.07, 6.45) is -4.09. The molecule has 0 saturated heterocycles. The van der Waals surface area contributed by atoms with E-state index < -0.39 is 27.7 Å². The lowest BCUT2D eigenvalue weighted by Crippen LogP contribution is -2.13. The van der Waals surface area contributed by atoms with E-state index in [0.29, 0.717) is 12.5 Å². The van der Waals surface area contributed by atoms with E-state index in [2.05, 4.69) is 0 Å². The molecule has 0 aromatic heterocycles. The van der Waals surface area contributed by atoms with Crippen LogP contribution in [0.2, 0.25) is 0 Å². The molecule has 0 aliphatic rings. The van der Waals surface area contributed by atoms with E-state index in [1.807, 2.05) is 0 Å². The van der Waals surface area contributed by atoms with Crippen LogP contribution < -0.4 is 0 Å². The molecular formula is C12H13ClF3NO2. The topological polar surface area (TPSA) is 43.1 Å². The van der Waals surface area contributed by atoms with Crippen LogP contribution in [0.1, 0.15) is 37.3 Å². The summed E-state index contributed by atoms with van der Waals surface area (Å²) in [7, 11) is 0. The molecule has 3 nitrogen and oxygen atoms in total. The number of halogens is 4. The molecular weight excluding hydrogens is 283 g/mol. The van der Waals surface area contributed by atoms with Crippen LogP contribution in [0.5, 0.6) is 0 Å². The van der Waals surface area contributed by atoms with Crippen LogP contribution in [-0.2, 0) is 6.18 Å². The summed E-state index contributed by atoms with van der Waals surface area (Å²) >= 11 is 5.94. The van der Waals surface area contributed by atoms with Crippen LogP contribution in [0, 0.1) is 10.1 Å². The zero-order chi connectivity index (χ0) is 14.8. The second kappa shape index (κ2) is 5.77. The summed E-state index contributed by atoms with van der Waals surface area (Å²) < 4.78 is 37.7. The Morgan fingerprint density at radius 3 is 2.37 bits per heavy atom. The van der Waals surface area contributed by atoms with Crippen molar-refractivity contribution in [3.8, 4) is 0 Å². The summed E-state index contributed by atoms with van der Waals surface area (Å²) in [4.78, 5) is 10.1. The number of alkyl halides is 4. The molecule has 1 aromatic carbocycles. The molecule has 0 N–H and O–H groups in total.